The zero-order valence-corrected chi connectivity index (χ0v) is 20.9. The molecule has 0 aliphatic heterocycles. The maximum atomic E-state index is 13.1. The number of carbonyl (C=O) groups is 1. The normalized spacial score (nSPS) is 14.3. The highest BCUT2D eigenvalue weighted by atomic mass is 32.2. The van der Waals surface area contributed by atoms with Gasteiger partial charge < -0.3 is 9.88 Å². The highest BCUT2D eigenvalue weighted by molar-refractivity contribution is 8.00. The minimum Gasteiger partial charge on any atom is -0.319 e. The third-order valence-electron chi connectivity index (χ3n) is 6.01. The number of carbonyl (C=O) groups excluding carboxylic acids is 1. The van der Waals surface area contributed by atoms with Crippen LogP contribution in [0.25, 0.3) is 5.69 Å². The van der Waals surface area contributed by atoms with Gasteiger partial charge in [-0.2, -0.15) is 0 Å². The van der Waals surface area contributed by atoms with Gasteiger partial charge in [-0.3, -0.25) is 14.3 Å². The minimum atomic E-state index is -0.444. The van der Waals surface area contributed by atoms with Crippen molar-refractivity contribution in [2.45, 2.75) is 49.6 Å². The van der Waals surface area contributed by atoms with Gasteiger partial charge in [0.1, 0.15) is 11.5 Å². The second kappa shape index (κ2) is 9.27. The first-order valence-corrected chi connectivity index (χ1v) is 13.0. The van der Waals surface area contributed by atoms with Gasteiger partial charge in [0.05, 0.1) is 16.6 Å². The maximum absolute atomic E-state index is 13.1. The summed E-state index contributed by atoms with van der Waals surface area (Å²) in [4.78, 5) is 27.5. The Kier molecular flexibility index (Phi) is 6.18. The van der Waals surface area contributed by atoms with E-state index in [9.17, 15) is 9.59 Å². The fourth-order valence-corrected chi connectivity index (χ4v) is 5.57. The van der Waals surface area contributed by atoms with Gasteiger partial charge in [-0.1, -0.05) is 36.0 Å². The molecule has 1 fully saturated rings. The van der Waals surface area contributed by atoms with Gasteiger partial charge in [0.25, 0.3) is 5.56 Å². The number of nitrogens with zero attached hydrogens (tertiary/aromatic N) is 5. The zero-order valence-electron chi connectivity index (χ0n) is 19.3. The molecule has 3 heterocycles. The van der Waals surface area contributed by atoms with Crippen LogP contribution in [-0.2, 0) is 18.3 Å². The molecule has 1 aliphatic rings. The first-order chi connectivity index (χ1) is 16.4. The summed E-state index contributed by atoms with van der Waals surface area (Å²) in [5, 5.41) is 14.1. The molecule has 1 aliphatic carbocycles. The summed E-state index contributed by atoms with van der Waals surface area (Å²) < 4.78 is 5.50. The van der Waals surface area contributed by atoms with Gasteiger partial charge in [0, 0.05) is 24.4 Å². The van der Waals surface area contributed by atoms with Gasteiger partial charge in [0.15, 0.2) is 5.16 Å². The first kappa shape index (κ1) is 22.7. The van der Waals surface area contributed by atoms with E-state index < -0.39 is 5.25 Å². The Morgan fingerprint density at radius 1 is 1.21 bits per heavy atom. The van der Waals surface area contributed by atoms with E-state index in [0.717, 1.165) is 35.9 Å². The van der Waals surface area contributed by atoms with E-state index in [1.54, 1.807) is 20.7 Å². The fourth-order valence-electron chi connectivity index (χ4n) is 3.93. The number of thiophene rings is 1. The Hall–Kier alpha value is -3.11. The average Bonchev–Trinajstić information content (AvgIpc) is 3.32. The van der Waals surface area contributed by atoms with Crippen molar-refractivity contribution in [3.8, 4) is 5.69 Å². The van der Waals surface area contributed by atoms with Gasteiger partial charge >= 0.3 is 0 Å². The van der Waals surface area contributed by atoms with Crippen molar-refractivity contribution >= 4 is 34.7 Å². The SMILES string of the molecule is Cc1c(NC(=O)[C@H](C)Sc2nnc(Cc3cccs3)n2C2CC2)c(=O)n(-c2ccccc2)n1C. The molecule has 8 nitrogen and oxygen atoms in total. The first-order valence-electron chi connectivity index (χ1n) is 11.2. The van der Waals surface area contributed by atoms with E-state index in [2.05, 4.69) is 31.5 Å². The summed E-state index contributed by atoms with van der Waals surface area (Å²) in [6.45, 7) is 3.66. The average molecular weight is 495 g/mol. The molecule has 0 bridgehead atoms. The van der Waals surface area contributed by atoms with E-state index >= 15 is 0 Å². The van der Waals surface area contributed by atoms with Crippen molar-refractivity contribution in [2.24, 2.45) is 7.05 Å². The number of benzene rings is 1. The van der Waals surface area contributed by atoms with E-state index in [1.807, 2.05) is 57.3 Å². The third-order valence-corrected chi connectivity index (χ3v) is 7.95. The number of anilines is 1. The molecular formula is C24H26N6O2S2. The number of para-hydroxylation sites is 1. The van der Waals surface area contributed by atoms with Crippen LogP contribution in [0.3, 0.4) is 0 Å². The summed E-state index contributed by atoms with van der Waals surface area (Å²) in [5.41, 5.74) is 1.48. The molecule has 34 heavy (non-hydrogen) atoms. The van der Waals surface area contributed by atoms with Crippen molar-refractivity contribution in [2.75, 3.05) is 5.32 Å². The smallest absolute Gasteiger partial charge is 0.295 e. The molecule has 1 amide bonds. The van der Waals surface area contributed by atoms with Crippen LogP contribution in [0.1, 0.15) is 42.2 Å². The van der Waals surface area contributed by atoms with Crippen LogP contribution in [0.5, 0.6) is 0 Å². The molecule has 0 radical (unpaired) electrons. The Labute approximate surface area is 205 Å². The quantitative estimate of drug-likeness (QED) is 0.371. The monoisotopic (exact) mass is 494 g/mol. The predicted molar refractivity (Wildman–Crippen MR) is 135 cm³/mol. The molecule has 176 valence electrons. The zero-order chi connectivity index (χ0) is 23.8. The second-order valence-corrected chi connectivity index (χ2v) is 10.8. The highest BCUT2D eigenvalue weighted by Gasteiger charge is 2.31. The van der Waals surface area contributed by atoms with Crippen molar-refractivity contribution < 1.29 is 4.79 Å². The molecule has 0 saturated heterocycles. The lowest BCUT2D eigenvalue weighted by Gasteiger charge is -2.13. The fraction of sp³-hybridized carbons (Fsp3) is 0.333. The molecule has 10 heteroatoms. The lowest BCUT2D eigenvalue weighted by atomic mass is 10.3. The summed E-state index contributed by atoms with van der Waals surface area (Å²) in [6, 6.07) is 13.9. The Bertz CT molecular complexity index is 1370. The standard InChI is InChI=1S/C24H26N6O2S2/c1-15-21(23(32)30(28(15)3)18-8-5-4-6-9-18)25-22(31)16(2)34-24-27-26-20(29(24)17-11-12-17)14-19-10-7-13-33-19/h4-10,13,16-17H,11-12,14H2,1-3H3,(H,25,31)/t16-/m0/s1. The molecule has 1 saturated carbocycles. The van der Waals surface area contributed by atoms with Gasteiger partial charge in [-0.05, 0) is 50.3 Å². The van der Waals surface area contributed by atoms with E-state index in [-0.39, 0.29) is 11.5 Å². The lowest BCUT2D eigenvalue weighted by Crippen LogP contribution is -2.27. The van der Waals surface area contributed by atoms with Crippen LogP contribution in [0, 0.1) is 6.92 Å². The van der Waals surface area contributed by atoms with Crippen molar-refractivity contribution in [1.29, 1.82) is 0 Å². The van der Waals surface area contributed by atoms with Crippen LogP contribution in [0.4, 0.5) is 5.69 Å². The van der Waals surface area contributed by atoms with Crippen molar-refractivity contribution in [1.82, 2.24) is 24.1 Å². The molecular weight excluding hydrogens is 468 g/mol. The molecule has 4 aromatic rings. The Morgan fingerprint density at radius 3 is 2.65 bits per heavy atom. The van der Waals surface area contributed by atoms with Gasteiger partial charge in [0.2, 0.25) is 5.91 Å². The number of thioether (sulfide) groups is 1. The molecule has 1 N–H and O–H groups in total. The summed E-state index contributed by atoms with van der Waals surface area (Å²) >= 11 is 3.09. The van der Waals surface area contributed by atoms with Crippen LogP contribution < -0.4 is 10.9 Å². The molecule has 3 aromatic heterocycles. The molecule has 1 atom stereocenters. The van der Waals surface area contributed by atoms with Crippen LogP contribution >= 0.6 is 23.1 Å². The molecule has 5 rings (SSSR count). The van der Waals surface area contributed by atoms with Gasteiger partial charge in [-0.25, -0.2) is 4.68 Å². The number of hydrogen-bond donors (Lipinski definition) is 1. The van der Waals surface area contributed by atoms with Crippen LogP contribution in [-0.4, -0.2) is 35.3 Å². The maximum Gasteiger partial charge on any atom is 0.295 e. The number of aromatic nitrogens is 5. The summed E-state index contributed by atoms with van der Waals surface area (Å²) in [6.07, 6.45) is 2.95. The summed E-state index contributed by atoms with van der Waals surface area (Å²) in [5.74, 6) is 0.700. The molecule has 0 spiro atoms. The third kappa shape index (κ3) is 4.35. The molecule has 0 unspecified atom stereocenters. The Balaban J connectivity index is 1.34. The van der Waals surface area contributed by atoms with E-state index in [4.69, 9.17) is 0 Å². The molecule has 1 aromatic carbocycles. The van der Waals surface area contributed by atoms with Crippen LogP contribution in [0.2, 0.25) is 0 Å². The van der Waals surface area contributed by atoms with Crippen molar-refractivity contribution in [3.05, 3.63) is 74.6 Å². The van der Waals surface area contributed by atoms with E-state index in [1.165, 1.54) is 16.6 Å². The summed E-state index contributed by atoms with van der Waals surface area (Å²) in [7, 11) is 1.81. The minimum absolute atomic E-state index is 0.235. The lowest BCUT2D eigenvalue weighted by molar-refractivity contribution is -0.115. The number of amides is 1. The van der Waals surface area contributed by atoms with Crippen molar-refractivity contribution in [3.63, 3.8) is 0 Å². The topological polar surface area (TPSA) is 86.7 Å². The largest absolute Gasteiger partial charge is 0.319 e. The highest BCUT2D eigenvalue weighted by Crippen LogP contribution is 2.40. The second-order valence-electron chi connectivity index (χ2n) is 8.44. The number of hydrogen-bond acceptors (Lipinski definition) is 6. The van der Waals surface area contributed by atoms with Gasteiger partial charge in [-0.15, -0.1) is 21.5 Å². The number of rotatable bonds is 8. The predicted octanol–water partition coefficient (Wildman–Crippen LogP) is 4.18. The van der Waals surface area contributed by atoms with E-state index in [0.29, 0.717) is 17.4 Å². The van der Waals surface area contributed by atoms with Crippen LogP contribution in [0.15, 0.2) is 57.8 Å². The number of nitrogens with one attached hydrogen (secondary N) is 1. The Morgan fingerprint density at radius 2 is 1.97 bits per heavy atom.